The molecule has 0 bridgehead atoms. The molecule has 0 saturated heterocycles. The highest BCUT2D eigenvalue weighted by molar-refractivity contribution is 5.33. The lowest BCUT2D eigenvalue weighted by Crippen LogP contribution is -2.38. The Kier molecular flexibility index (Phi) is 6.53. The number of hydrogen-bond acceptors (Lipinski definition) is 2. The van der Waals surface area contributed by atoms with Crippen LogP contribution in [-0.2, 0) is 0 Å². The van der Waals surface area contributed by atoms with Crippen LogP contribution in [0, 0.1) is 13.8 Å². The molecule has 1 N–H and O–H groups in total. The molecule has 1 atom stereocenters. The lowest BCUT2D eigenvalue weighted by atomic mass is 9.98. The SMILES string of the molecule is CCCN(CC(NC)c1ccc(C)cc1C)C(C)C. The summed E-state index contributed by atoms with van der Waals surface area (Å²) < 4.78 is 0. The maximum absolute atomic E-state index is 3.48. The van der Waals surface area contributed by atoms with Crippen molar-refractivity contribution in [1.29, 1.82) is 0 Å². The van der Waals surface area contributed by atoms with Gasteiger partial charge in [0, 0.05) is 18.6 Å². The van der Waals surface area contributed by atoms with Crippen molar-refractivity contribution in [2.75, 3.05) is 20.1 Å². The number of likely N-dealkylation sites (N-methyl/N-ethyl adjacent to an activating group) is 1. The van der Waals surface area contributed by atoms with E-state index in [9.17, 15) is 0 Å². The summed E-state index contributed by atoms with van der Waals surface area (Å²) in [5.41, 5.74) is 4.15. The molecule has 0 radical (unpaired) electrons. The third-order valence-corrected chi connectivity index (χ3v) is 3.81. The molecule has 1 unspecified atom stereocenters. The summed E-state index contributed by atoms with van der Waals surface area (Å²) >= 11 is 0. The Labute approximate surface area is 119 Å². The highest BCUT2D eigenvalue weighted by Gasteiger charge is 2.17. The maximum atomic E-state index is 3.48. The molecule has 0 amide bonds. The summed E-state index contributed by atoms with van der Waals surface area (Å²) in [4.78, 5) is 2.56. The van der Waals surface area contributed by atoms with E-state index in [2.05, 4.69) is 70.1 Å². The second-order valence-corrected chi connectivity index (χ2v) is 5.79. The monoisotopic (exact) mass is 262 g/mol. The maximum Gasteiger partial charge on any atom is 0.0449 e. The van der Waals surface area contributed by atoms with Gasteiger partial charge in [0.05, 0.1) is 0 Å². The van der Waals surface area contributed by atoms with Crippen LogP contribution < -0.4 is 5.32 Å². The van der Waals surface area contributed by atoms with Crippen molar-refractivity contribution in [2.45, 2.75) is 53.1 Å². The van der Waals surface area contributed by atoms with E-state index >= 15 is 0 Å². The van der Waals surface area contributed by atoms with Crippen LogP contribution in [0.4, 0.5) is 0 Å². The smallest absolute Gasteiger partial charge is 0.0449 e. The van der Waals surface area contributed by atoms with E-state index in [4.69, 9.17) is 0 Å². The molecule has 0 aliphatic rings. The first-order valence-corrected chi connectivity index (χ1v) is 7.48. The second kappa shape index (κ2) is 7.66. The minimum absolute atomic E-state index is 0.412. The summed E-state index contributed by atoms with van der Waals surface area (Å²) in [5.74, 6) is 0. The molecule has 0 spiro atoms. The average Bonchev–Trinajstić information content (AvgIpc) is 2.35. The van der Waals surface area contributed by atoms with Crippen LogP contribution in [0.2, 0.25) is 0 Å². The van der Waals surface area contributed by atoms with Gasteiger partial charge < -0.3 is 5.32 Å². The molecule has 108 valence electrons. The minimum Gasteiger partial charge on any atom is -0.312 e. The summed E-state index contributed by atoms with van der Waals surface area (Å²) in [6, 6.07) is 7.78. The van der Waals surface area contributed by atoms with Crippen molar-refractivity contribution >= 4 is 0 Å². The molecule has 2 heteroatoms. The molecule has 1 aromatic rings. The van der Waals surface area contributed by atoms with E-state index in [0.29, 0.717) is 12.1 Å². The zero-order valence-electron chi connectivity index (χ0n) is 13.5. The summed E-state index contributed by atoms with van der Waals surface area (Å²) in [6.07, 6.45) is 1.21. The lowest BCUT2D eigenvalue weighted by molar-refractivity contribution is 0.200. The van der Waals surface area contributed by atoms with Crippen molar-refractivity contribution in [3.63, 3.8) is 0 Å². The number of benzene rings is 1. The topological polar surface area (TPSA) is 15.3 Å². The highest BCUT2D eigenvalue weighted by Crippen LogP contribution is 2.20. The van der Waals surface area contributed by atoms with Gasteiger partial charge in [0.25, 0.3) is 0 Å². The van der Waals surface area contributed by atoms with Crippen LogP contribution in [0.5, 0.6) is 0 Å². The van der Waals surface area contributed by atoms with Gasteiger partial charge in [-0.25, -0.2) is 0 Å². The van der Waals surface area contributed by atoms with Gasteiger partial charge in [0.1, 0.15) is 0 Å². The molecule has 0 heterocycles. The van der Waals surface area contributed by atoms with Crippen molar-refractivity contribution in [3.05, 3.63) is 34.9 Å². The third-order valence-electron chi connectivity index (χ3n) is 3.81. The number of nitrogens with zero attached hydrogens (tertiary/aromatic N) is 1. The molecule has 0 aliphatic heterocycles. The zero-order chi connectivity index (χ0) is 14.4. The fourth-order valence-corrected chi connectivity index (χ4v) is 2.64. The molecule has 0 saturated carbocycles. The first kappa shape index (κ1) is 16.2. The van der Waals surface area contributed by atoms with E-state index in [0.717, 1.165) is 6.54 Å². The Balaban J connectivity index is 2.87. The number of aryl methyl sites for hydroxylation is 2. The first-order valence-electron chi connectivity index (χ1n) is 7.48. The van der Waals surface area contributed by atoms with Gasteiger partial charge in [0.2, 0.25) is 0 Å². The Bertz CT molecular complexity index is 385. The third kappa shape index (κ3) is 4.63. The lowest BCUT2D eigenvalue weighted by Gasteiger charge is -2.31. The molecule has 0 aromatic heterocycles. The number of hydrogen-bond donors (Lipinski definition) is 1. The predicted molar refractivity (Wildman–Crippen MR) is 84.7 cm³/mol. The number of rotatable bonds is 7. The van der Waals surface area contributed by atoms with Gasteiger partial charge in [-0.05, 0) is 58.8 Å². The fraction of sp³-hybridized carbons (Fsp3) is 0.647. The highest BCUT2D eigenvalue weighted by atomic mass is 15.2. The van der Waals surface area contributed by atoms with Crippen molar-refractivity contribution in [1.82, 2.24) is 10.2 Å². The van der Waals surface area contributed by atoms with Gasteiger partial charge in [-0.1, -0.05) is 30.7 Å². The fourth-order valence-electron chi connectivity index (χ4n) is 2.64. The minimum atomic E-state index is 0.412. The average molecular weight is 262 g/mol. The van der Waals surface area contributed by atoms with E-state index in [-0.39, 0.29) is 0 Å². The molecule has 2 nitrogen and oxygen atoms in total. The Morgan fingerprint density at radius 3 is 2.37 bits per heavy atom. The van der Waals surface area contributed by atoms with Crippen molar-refractivity contribution in [2.24, 2.45) is 0 Å². The van der Waals surface area contributed by atoms with Gasteiger partial charge in [-0.3, -0.25) is 4.90 Å². The molecule has 0 fully saturated rings. The van der Waals surface area contributed by atoms with Gasteiger partial charge in [-0.2, -0.15) is 0 Å². The summed E-state index contributed by atoms with van der Waals surface area (Å²) in [5, 5.41) is 3.48. The quantitative estimate of drug-likeness (QED) is 0.806. The van der Waals surface area contributed by atoms with Crippen LogP contribution in [0.1, 0.15) is 49.9 Å². The standard InChI is InChI=1S/C17H30N2/c1-7-10-19(13(2)3)12-17(18-6)16-9-8-14(4)11-15(16)5/h8-9,11,13,17-18H,7,10,12H2,1-6H3. The first-order chi connectivity index (χ1) is 8.99. The van der Waals surface area contributed by atoms with Crippen LogP contribution >= 0.6 is 0 Å². The van der Waals surface area contributed by atoms with Crippen LogP contribution in [0.3, 0.4) is 0 Å². The molecule has 1 rings (SSSR count). The zero-order valence-corrected chi connectivity index (χ0v) is 13.5. The normalized spacial score (nSPS) is 13.3. The van der Waals surface area contributed by atoms with Crippen molar-refractivity contribution < 1.29 is 0 Å². The molecule has 1 aromatic carbocycles. The van der Waals surface area contributed by atoms with Gasteiger partial charge in [-0.15, -0.1) is 0 Å². The van der Waals surface area contributed by atoms with E-state index in [1.807, 2.05) is 0 Å². The largest absolute Gasteiger partial charge is 0.312 e. The molecular formula is C17H30N2. The molecule has 19 heavy (non-hydrogen) atoms. The van der Waals surface area contributed by atoms with E-state index < -0.39 is 0 Å². The number of nitrogens with one attached hydrogen (secondary N) is 1. The Morgan fingerprint density at radius 1 is 1.21 bits per heavy atom. The Morgan fingerprint density at radius 2 is 1.89 bits per heavy atom. The summed E-state index contributed by atoms with van der Waals surface area (Å²) in [6.45, 7) is 13.4. The Hall–Kier alpha value is -0.860. The molecular weight excluding hydrogens is 232 g/mol. The van der Waals surface area contributed by atoms with Gasteiger partial charge in [0.15, 0.2) is 0 Å². The second-order valence-electron chi connectivity index (χ2n) is 5.79. The van der Waals surface area contributed by atoms with Crippen LogP contribution in [0.25, 0.3) is 0 Å². The predicted octanol–water partition coefficient (Wildman–Crippen LogP) is 3.68. The van der Waals surface area contributed by atoms with Crippen LogP contribution in [0.15, 0.2) is 18.2 Å². The molecule has 0 aliphatic carbocycles. The van der Waals surface area contributed by atoms with Crippen LogP contribution in [-0.4, -0.2) is 31.1 Å². The van der Waals surface area contributed by atoms with Gasteiger partial charge >= 0.3 is 0 Å². The van der Waals surface area contributed by atoms with E-state index in [1.54, 1.807) is 0 Å². The summed E-state index contributed by atoms with van der Waals surface area (Å²) in [7, 11) is 2.06. The van der Waals surface area contributed by atoms with Crippen molar-refractivity contribution in [3.8, 4) is 0 Å². The van der Waals surface area contributed by atoms with E-state index in [1.165, 1.54) is 29.7 Å².